The third kappa shape index (κ3) is 2.39. The number of pyridine rings is 1. The quantitative estimate of drug-likeness (QED) is 0.885. The number of anilines is 1. The SMILES string of the molecule is CCCc1cc(N)c2cc(C(F)(F)F)ccc2n1. The van der Waals surface area contributed by atoms with E-state index in [4.69, 9.17) is 5.73 Å². The second-order valence-electron chi connectivity index (χ2n) is 4.18. The lowest BCUT2D eigenvalue weighted by Gasteiger charge is -2.10. The Bertz CT molecular complexity index is 576. The third-order valence-corrected chi connectivity index (χ3v) is 2.73. The molecule has 0 unspecified atom stereocenters. The first-order chi connectivity index (χ1) is 8.41. The molecule has 96 valence electrons. The number of aromatic nitrogens is 1. The Morgan fingerprint density at radius 1 is 1.22 bits per heavy atom. The maximum Gasteiger partial charge on any atom is 0.416 e. The lowest BCUT2D eigenvalue weighted by Crippen LogP contribution is -2.05. The molecule has 2 N–H and O–H groups in total. The highest BCUT2D eigenvalue weighted by Crippen LogP contribution is 2.32. The normalized spacial score (nSPS) is 12.0. The standard InChI is InChI=1S/C13H13F3N2/c1-2-3-9-7-11(17)10-6-8(13(14,15)16)4-5-12(10)18-9/h4-7H,2-3H2,1H3,(H2,17,18). The van der Waals surface area contributed by atoms with Crippen LogP contribution in [0.1, 0.15) is 24.6 Å². The summed E-state index contributed by atoms with van der Waals surface area (Å²) in [7, 11) is 0. The fourth-order valence-electron chi connectivity index (χ4n) is 1.87. The molecule has 0 saturated carbocycles. The van der Waals surface area contributed by atoms with Crippen LogP contribution < -0.4 is 5.73 Å². The number of hydrogen-bond donors (Lipinski definition) is 1. The number of rotatable bonds is 2. The topological polar surface area (TPSA) is 38.9 Å². The predicted molar refractivity (Wildman–Crippen MR) is 65.2 cm³/mol. The van der Waals surface area contributed by atoms with E-state index in [1.807, 2.05) is 6.92 Å². The van der Waals surface area contributed by atoms with Crippen LogP contribution in [0.25, 0.3) is 10.9 Å². The number of aryl methyl sites for hydroxylation is 1. The van der Waals surface area contributed by atoms with E-state index < -0.39 is 11.7 Å². The molecule has 5 heteroatoms. The second kappa shape index (κ2) is 4.48. The number of nitrogens with two attached hydrogens (primary N) is 1. The van der Waals surface area contributed by atoms with Crippen molar-refractivity contribution in [3.05, 3.63) is 35.5 Å². The van der Waals surface area contributed by atoms with Gasteiger partial charge in [0.15, 0.2) is 0 Å². The number of nitrogens with zero attached hydrogens (tertiary/aromatic N) is 1. The van der Waals surface area contributed by atoms with E-state index in [2.05, 4.69) is 4.98 Å². The first-order valence-electron chi connectivity index (χ1n) is 5.68. The van der Waals surface area contributed by atoms with Crippen LogP contribution in [0.2, 0.25) is 0 Å². The van der Waals surface area contributed by atoms with Crippen molar-refractivity contribution >= 4 is 16.6 Å². The molecule has 0 aliphatic carbocycles. The molecule has 1 heterocycles. The van der Waals surface area contributed by atoms with E-state index in [0.29, 0.717) is 16.6 Å². The maximum absolute atomic E-state index is 12.6. The van der Waals surface area contributed by atoms with Crippen LogP contribution in [-0.2, 0) is 12.6 Å². The summed E-state index contributed by atoms with van der Waals surface area (Å²) >= 11 is 0. The number of benzene rings is 1. The third-order valence-electron chi connectivity index (χ3n) is 2.73. The van der Waals surface area contributed by atoms with E-state index in [9.17, 15) is 13.2 Å². The Morgan fingerprint density at radius 3 is 2.56 bits per heavy atom. The van der Waals surface area contributed by atoms with Gasteiger partial charge in [-0.1, -0.05) is 13.3 Å². The minimum Gasteiger partial charge on any atom is -0.398 e. The van der Waals surface area contributed by atoms with Gasteiger partial charge in [-0.3, -0.25) is 4.98 Å². The highest BCUT2D eigenvalue weighted by Gasteiger charge is 2.30. The summed E-state index contributed by atoms with van der Waals surface area (Å²) in [6, 6.07) is 5.09. The highest BCUT2D eigenvalue weighted by atomic mass is 19.4. The Balaban J connectivity index is 2.58. The van der Waals surface area contributed by atoms with Crippen LogP contribution >= 0.6 is 0 Å². The van der Waals surface area contributed by atoms with Crippen molar-refractivity contribution in [2.24, 2.45) is 0 Å². The van der Waals surface area contributed by atoms with Crippen LogP contribution in [-0.4, -0.2) is 4.98 Å². The van der Waals surface area contributed by atoms with Gasteiger partial charge in [-0.15, -0.1) is 0 Å². The van der Waals surface area contributed by atoms with Gasteiger partial charge in [0.2, 0.25) is 0 Å². The van der Waals surface area contributed by atoms with Gasteiger partial charge in [0.05, 0.1) is 11.1 Å². The van der Waals surface area contributed by atoms with Crippen molar-refractivity contribution in [1.29, 1.82) is 0 Å². The van der Waals surface area contributed by atoms with E-state index in [1.54, 1.807) is 6.07 Å². The molecule has 18 heavy (non-hydrogen) atoms. The summed E-state index contributed by atoms with van der Waals surface area (Å²) in [5, 5.41) is 0.352. The zero-order valence-electron chi connectivity index (χ0n) is 9.88. The summed E-state index contributed by atoms with van der Waals surface area (Å²) in [5.74, 6) is 0. The highest BCUT2D eigenvalue weighted by molar-refractivity contribution is 5.90. The van der Waals surface area contributed by atoms with E-state index in [-0.39, 0.29) is 0 Å². The van der Waals surface area contributed by atoms with Crippen molar-refractivity contribution in [1.82, 2.24) is 4.98 Å². The zero-order chi connectivity index (χ0) is 13.3. The van der Waals surface area contributed by atoms with Crippen LogP contribution in [0.3, 0.4) is 0 Å². The minimum absolute atomic E-state index is 0.342. The second-order valence-corrected chi connectivity index (χ2v) is 4.18. The smallest absolute Gasteiger partial charge is 0.398 e. The van der Waals surface area contributed by atoms with Gasteiger partial charge in [-0.05, 0) is 30.7 Å². The number of nitrogen functional groups attached to an aromatic ring is 1. The lowest BCUT2D eigenvalue weighted by molar-refractivity contribution is -0.137. The molecule has 0 amide bonds. The summed E-state index contributed by atoms with van der Waals surface area (Å²) in [6.07, 6.45) is -2.68. The summed E-state index contributed by atoms with van der Waals surface area (Å²) in [6.45, 7) is 2.01. The van der Waals surface area contributed by atoms with Crippen LogP contribution in [0.5, 0.6) is 0 Å². The first kappa shape index (κ1) is 12.7. The van der Waals surface area contributed by atoms with Gasteiger partial charge in [0, 0.05) is 16.8 Å². The summed E-state index contributed by atoms with van der Waals surface area (Å²) in [4.78, 5) is 4.30. The molecular formula is C13H13F3N2. The molecule has 0 radical (unpaired) electrons. The van der Waals surface area contributed by atoms with Crippen LogP contribution in [0.15, 0.2) is 24.3 Å². The monoisotopic (exact) mass is 254 g/mol. The molecule has 2 rings (SSSR count). The Morgan fingerprint density at radius 2 is 1.94 bits per heavy atom. The van der Waals surface area contributed by atoms with Crippen molar-refractivity contribution in [2.45, 2.75) is 25.9 Å². The van der Waals surface area contributed by atoms with Gasteiger partial charge in [0.25, 0.3) is 0 Å². The van der Waals surface area contributed by atoms with E-state index >= 15 is 0 Å². The van der Waals surface area contributed by atoms with E-state index in [1.165, 1.54) is 6.07 Å². The van der Waals surface area contributed by atoms with Crippen LogP contribution in [0, 0.1) is 0 Å². The summed E-state index contributed by atoms with van der Waals surface area (Å²) in [5.41, 5.74) is 6.75. The maximum atomic E-state index is 12.6. The number of hydrogen-bond acceptors (Lipinski definition) is 2. The van der Waals surface area contributed by atoms with Crippen LogP contribution in [0.4, 0.5) is 18.9 Å². The van der Waals surface area contributed by atoms with E-state index in [0.717, 1.165) is 30.7 Å². The molecule has 0 atom stereocenters. The number of fused-ring (bicyclic) bond motifs is 1. The van der Waals surface area contributed by atoms with Gasteiger partial charge in [0.1, 0.15) is 0 Å². The lowest BCUT2D eigenvalue weighted by atomic mass is 10.1. The van der Waals surface area contributed by atoms with Gasteiger partial charge < -0.3 is 5.73 Å². The van der Waals surface area contributed by atoms with Crippen molar-refractivity contribution in [3.8, 4) is 0 Å². The zero-order valence-corrected chi connectivity index (χ0v) is 9.88. The molecule has 0 spiro atoms. The average molecular weight is 254 g/mol. The predicted octanol–water partition coefficient (Wildman–Crippen LogP) is 3.79. The molecule has 0 bridgehead atoms. The Labute approximate surface area is 103 Å². The molecule has 0 saturated heterocycles. The largest absolute Gasteiger partial charge is 0.416 e. The van der Waals surface area contributed by atoms with Crippen molar-refractivity contribution in [3.63, 3.8) is 0 Å². The number of alkyl halides is 3. The first-order valence-corrected chi connectivity index (χ1v) is 5.68. The molecular weight excluding hydrogens is 241 g/mol. The summed E-state index contributed by atoms with van der Waals surface area (Å²) < 4.78 is 37.8. The Hall–Kier alpha value is -1.78. The van der Waals surface area contributed by atoms with Gasteiger partial charge in [-0.2, -0.15) is 13.2 Å². The Kier molecular flexibility index (Phi) is 3.15. The minimum atomic E-state index is -4.36. The number of halogens is 3. The molecule has 0 fully saturated rings. The fraction of sp³-hybridized carbons (Fsp3) is 0.308. The molecule has 1 aromatic heterocycles. The molecule has 2 nitrogen and oxygen atoms in total. The molecule has 0 aliphatic heterocycles. The fourth-order valence-corrected chi connectivity index (χ4v) is 1.87. The van der Waals surface area contributed by atoms with Gasteiger partial charge in [-0.25, -0.2) is 0 Å². The van der Waals surface area contributed by atoms with Crippen molar-refractivity contribution in [2.75, 3.05) is 5.73 Å². The average Bonchev–Trinajstić information content (AvgIpc) is 2.27. The molecule has 0 aliphatic rings. The van der Waals surface area contributed by atoms with Crippen molar-refractivity contribution < 1.29 is 13.2 Å². The molecule has 2 aromatic rings. The molecule has 1 aromatic carbocycles. The van der Waals surface area contributed by atoms with Gasteiger partial charge >= 0.3 is 6.18 Å².